The number of aryl methyl sites for hydroxylation is 3. The zero-order valence-corrected chi connectivity index (χ0v) is 16.7. The Labute approximate surface area is 168 Å². The summed E-state index contributed by atoms with van der Waals surface area (Å²) in [6, 6.07) is 17.4. The number of halogens is 1. The molecule has 0 saturated heterocycles. The lowest BCUT2D eigenvalue weighted by molar-refractivity contribution is 0.102. The molecule has 5 heteroatoms. The smallest absolute Gasteiger partial charge is 0.274 e. The van der Waals surface area contributed by atoms with Crippen LogP contribution in [0.15, 0.2) is 60.8 Å². The summed E-state index contributed by atoms with van der Waals surface area (Å²) in [6.07, 6.45) is 1.93. The summed E-state index contributed by atoms with van der Waals surface area (Å²) >= 11 is 6.21. The van der Waals surface area contributed by atoms with Crippen LogP contribution < -0.4 is 5.32 Å². The standard InChI is InChI=1S/C23H20ClN3O/c1-14-4-8-17(9-5-14)21-22(27-13-15(2)6-11-20(27)26-21)23(28)25-18-10-7-16(3)19(24)12-18/h4-13H,1-3H3,(H,25,28). The number of aromatic nitrogens is 2. The van der Waals surface area contributed by atoms with Gasteiger partial charge in [0.25, 0.3) is 5.91 Å². The lowest BCUT2D eigenvalue weighted by atomic mass is 10.1. The van der Waals surface area contributed by atoms with E-state index in [2.05, 4.69) is 5.32 Å². The summed E-state index contributed by atoms with van der Waals surface area (Å²) in [5.74, 6) is -0.228. The van der Waals surface area contributed by atoms with Gasteiger partial charge in [-0.3, -0.25) is 9.20 Å². The van der Waals surface area contributed by atoms with E-state index in [1.54, 1.807) is 6.07 Å². The molecule has 0 bridgehead atoms. The van der Waals surface area contributed by atoms with Crippen LogP contribution in [0, 0.1) is 20.8 Å². The summed E-state index contributed by atoms with van der Waals surface area (Å²) in [7, 11) is 0. The number of imidazole rings is 1. The van der Waals surface area contributed by atoms with Crippen molar-refractivity contribution in [3.63, 3.8) is 0 Å². The second-order valence-electron chi connectivity index (χ2n) is 7.03. The van der Waals surface area contributed by atoms with Crippen molar-refractivity contribution in [1.29, 1.82) is 0 Å². The van der Waals surface area contributed by atoms with Gasteiger partial charge in [-0.2, -0.15) is 0 Å². The van der Waals surface area contributed by atoms with Crippen molar-refractivity contribution >= 4 is 28.8 Å². The predicted molar refractivity (Wildman–Crippen MR) is 114 cm³/mol. The highest BCUT2D eigenvalue weighted by Crippen LogP contribution is 2.27. The quantitative estimate of drug-likeness (QED) is 0.479. The fraction of sp³-hybridized carbons (Fsp3) is 0.130. The van der Waals surface area contributed by atoms with Crippen LogP contribution in [0.3, 0.4) is 0 Å². The van der Waals surface area contributed by atoms with Gasteiger partial charge in [0.05, 0.1) is 0 Å². The van der Waals surface area contributed by atoms with Crippen LogP contribution in [0.25, 0.3) is 16.9 Å². The number of carbonyl (C=O) groups excluding carboxylic acids is 1. The van der Waals surface area contributed by atoms with Crippen LogP contribution in [-0.4, -0.2) is 15.3 Å². The van der Waals surface area contributed by atoms with Crippen LogP contribution in [-0.2, 0) is 0 Å². The van der Waals surface area contributed by atoms with Gasteiger partial charge in [0.2, 0.25) is 0 Å². The Hall–Kier alpha value is -3.11. The highest BCUT2D eigenvalue weighted by Gasteiger charge is 2.21. The van der Waals surface area contributed by atoms with Crippen molar-refractivity contribution in [3.8, 4) is 11.3 Å². The summed E-state index contributed by atoms with van der Waals surface area (Å²) in [6.45, 7) is 5.95. The van der Waals surface area contributed by atoms with Crippen molar-refractivity contribution < 1.29 is 4.79 Å². The van der Waals surface area contributed by atoms with Gasteiger partial charge in [-0.25, -0.2) is 4.98 Å². The largest absolute Gasteiger partial charge is 0.321 e. The second-order valence-corrected chi connectivity index (χ2v) is 7.43. The van der Waals surface area contributed by atoms with E-state index < -0.39 is 0 Å². The van der Waals surface area contributed by atoms with E-state index in [0.717, 1.165) is 27.9 Å². The molecular formula is C23H20ClN3O. The molecule has 0 aliphatic carbocycles. The Morgan fingerprint density at radius 1 is 0.964 bits per heavy atom. The fourth-order valence-electron chi connectivity index (χ4n) is 3.14. The van der Waals surface area contributed by atoms with E-state index in [4.69, 9.17) is 16.6 Å². The van der Waals surface area contributed by atoms with Crippen molar-refractivity contribution in [3.05, 3.63) is 88.2 Å². The van der Waals surface area contributed by atoms with Crippen LogP contribution in [0.5, 0.6) is 0 Å². The first-order valence-corrected chi connectivity index (χ1v) is 9.43. The van der Waals surface area contributed by atoms with Crippen molar-refractivity contribution in [2.24, 2.45) is 0 Å². The number of hydrogen-bond acceptors (Lipinski definition) is 2. The van der Waals surface area contributed by atoms with E-state index in [-0.39, 0.29) is 5.91 Å². The number of carbonyl (C=O) groups is 1. The molecular weight excluding hydrogens is 370 g/mol. The lowest BCUT2D eigenvalue weighted by Gasteiger charge is -2.09. The average Bonchev–Trinajstić information content (AvgIpc) is 3.04. The van der Waals surface area contributed by atoms with Gasteiger partial charge < -0.3 is 5.32 Å². The molecule has 1 amide bonds. The summed E-state index contributed by atoms with van der Waals surface area (Å²) in [4.78, 5) is 18.0. The van der Waals surface area contributed by atoms with Gasteiger partial charge in [0.1, 0.15) is 17.0 Å². The van der Waals surface area contributed by atoms with E-state index in [0.29, 0.717) is 22.1 Å². The maximum Gasteiger partial charge on any atom is 0.274 e. The van der Waals surface area contributed by atoms with Gasteiger partial charge in [-0.05, 0) is 50.1 Å². The second kappa shape index (κ2) is 7.13. The zero-order valence-electron chi connectivity index (χ0n) is 16.0. The van der Waals surface area contributed by atoms with E-state index >= 15 is 0 Å². The van der Waals surface area contributed by atoms with Crippen molar-refractivity contribution in [2.75, 3.05) is 5.32 Å². The summed E-state index contributed by atoms with van der Waals surface area (Å²) in [5.41, 5.74) is 6.60. The van der Waals surface area contributed by atoms with Crippen LogP contribution in [0.2, 0.25) is 5.02 Å². The van der Waals surface area contributed by atoms with Crippen LogP contribution in [0.4, 0.5) is 5.69 Å². The monoisotopic (exact) mass is 389 g/mol. The van der Waals surface area contributed by atoms with Gasteiger partial charge in [0, 0.05) is 22.5 Å². The number of nitrogens with one attached hydrogen (secondary N) is 1. The van der Waals surface area contributed by atoms with E-state index in [1.807, 2.05) is 79.9 Å². The summed E-state index contributed by atoms with van der Waals surface area (Å²) in [5, 5.41) is 3.58. The Bertz CT molecular complexity index is 1190. The third kappa shape index (κ3) is 3.39. The molecule has 0 aliphatic heterocycles. The molecule has 0 aliphatic rings. The molecule has 4 aromatic rings. The maximum absolute atomic E-state index is 13.2. The molecule has 28 heavy (non-hydrogen) atoms. The van der Waals surface area contributed by atoms with Gasteiger partial charge >= 0.3 is 0 Å². The van der Waals surface area contributed by atoms with Crippen LogP contribution in [0.1, 0.15) is 27.2 Å². The number of rotatable bonds is 3. The third-order valence-electron chi connectivity index (χ3n) is 4.74. The molecule has 2 heterocycles. The maximum atomic E-state index is 13.2. The molecule has 2 aromatic heterocycles. The number of fused-ring (bicyclic) bond motifs is 1. The number of amides is 1. The number of pyridine rings is 1. The predicted octanol–water partition coefficient (Wildman–Crippen LogP) is 5.83. The molecule has 0 fully saturated rings. The number of nitrogens with zero attached hydrogens (tertiary/aromatic N) is 2. The molecule has 1 N–H and O–H groups in total. The topological polar surface area (TPSA) is 46.4 Å². The number of benzene rings is 2. The number of anilines is 1. The minimum absolute atomic E-state index is 0.228. The van der Waals surface area contributed by atoms with E-state index in [1.165, 1.54) is 0 Å². The normalized spacial score (nSPS) is 11.0. The number of hydrogen-bond donors (Lipinski definition) is 1. The van der Waals surface area contributed by atoms with Crippen LogP contribution >= 0.6 is 11.6 Å². The molecule has 4 nitrogen and oxygen atoms in total. The minimum atomic E-state index is -0.228. The molecule has 4 rings (SSSR count). The molecule has 0 spiro atoms. The van der Waals surface area contributed by atoms with Gasteiger partial charge in [-0.15, -0.1) is 0 Å². The first-order chi connectivity index (χ1) is 13.4. The zero-order chi connectivity index (χ0) is 19.8. The average molecular weight is 390 g/mol. The highest BCUT2D eigenvalue weighted by atomic mass is 35.5. The van der Waals surface area contributed by atoms with E-state index in [9.17, 15) is 4.79 Å². The summed E-state index contributed by atoms with van der Waals surface area (Å²) < 4.78 is 1.84. The van der Waals surface area contributed by atoms with Crippen molar-refractivity contribution in [2.45, 2.75) is 20.8 Å². The molecule has 0 unspecified atom stereocenters. The first kappa shape index (κ1) is 18.3. The highest BCUT2D eigenvalue weighted by molar-refractivity contribution is 6.31. The van der Waals surface area contributed by atoms with Gasteiger partial charge in [0.15, 0.2) is 0 Å². The van der Waals surface area contributed by atoms with Crippen molar-refractivity contribution in [1.82, 2.24) is 9.38 Å². The lowest BCUT2D eigenvalue weighted by Crippen LogP contribution is -2.15. The molecule has 0 saturated carbocycles. The SMILES string of the molecule is Cc1ccc(-c2nc3ccc(C)cn3c2C(=O)Nc2ccc(C)c(Cl)c2)cc1. The third-order valence-corrected chi connectivity index (χ3v) is 5.14. The molecule has 2 aromatic carbocycles. The Kier molecular flexibility index (Phi) is 4.65. The molecule has 0 radical (unpaired) electrons. The Morgan fingerprint density at radius 3 is 2.39 bits per heavy atom. The molecule has 140 valence electrons. The Morgan fingerprint density at radius 2 is 1.68 bits per heavy atom. The first-order valence-electron chi connectivity index (χ1n) is 9.05. The minimum Gasteiger partial charge on any atom is -0.321 e. The molecule has 0 atom stereocenters. The fourth-order valence-corrected chi connectivity index (χ4v) is 3.32. The Balaban J connectivity index is 1.84. The van der Waals surface area contributed by atoms with Gasteiger partial charge in [-0.1, -0.05) is 53.6 Å².